The molecule has 3 saturated heterocycles. The van der Waals surface area contributed by atoms with Gasteiger partial charge in [-0.1, -0.05) is 102 Å². The molecule has 11 nitrogen and oxygen atoms in total. The molecule has 0 aliphatic carbocycles. The topological polar surface area (TPSA) is 135 Å². The van der Waals surface area contributed by atoms with E-state index in [2.05, 4.69) is 34.4 Å². The van der Waals surface area contributed by atoms with Crippen LogP contribution < -0.4 is 10.2 Å². The summed E-state index contributed by atoms with van der Waals surface area (Å²) >= 11 is 10.4. The Morgan fingerprint density at radius 1 is 1.17 bits per heavy atom. The third-order valence-electron chi connectivity index (χ3n) is 10.8. The molecule has 10 atom stereocenters. The van der Waals surface area contributed by atoms with Crippen LogP contribution in [0.2, 0.25) is 5.02 Å². The summed E-state index contributed by atoms with van der Waals surface area (Å²) in [4.78, 5) is 60.2. The van der Waals surface area contributed by atoms with E-state index in [0.29, 0.717) is 29.1 Å². The van der Waals surface area contributed by atoms with Crippen LogP contribution in [0, 0.1) is 17.8 Å². The number of anilines is 1. The predicted molar refractivity (Wildman–Crippen MR) is 205 cm³/mol. The van der Waals surface area contributed by atoms with E-state index in [1.165, 1.54) is 16.9 Å². The number of allylic oxidation sites excluding steroid dienone is 1. The van der Waals surface area contributed by atoms with E-state index in [0.717, 1.165) is 0 Å². The number of methoxy groups -OCH3 is 1. The molecule has 0 radical (unpaired) electrons. The average molecular weight is 815 g/mol. The number of aliphatic hydroxyl groups excluding tert-OH is 1. The van der Waals surface area contributed by atoms with Gasteiger partial charge in [-0.25, -0.2) is 0 Å². The fraction of sp³-hybridized carbons (Fsp3) is 0.500. The molecule has 2 N–H and O–H groups in total. The number of alkyl halides is 1. The second-order valence-corrected chi connectivity index (χ2v) is 15.5. The van der Waals surface area contributed by atoms with Gasteiger partial charge in [-0.05, 0) is 36.5 Å². The van der Waals surface area contributed by atoms with E-state index in [1.807, 2.05) is 19.9 Å². The van der Waals surface area contributed by atoms with Crippen LogP contribution in [0.5, 0.6) is 0 Å². The molecule has 3 fully saturated rings. The van der Waals surface area contributed by atoms with E-state index in [4.69, 9.17) is 25.8 Å². The molecule has 3 aliphatic heterocycles. The van der Waals surface area contributed by atoms with Crippen LogP contribution in [0.4, 0.5) is 5.69 Å². The number of nitrogens with one attached hydrogen (secondary N) is 1. The van der Waals surface area contributed by atoms with Crippen LogP contribution in [0.3, 0.4) is 0 Å². The van der Waals surface area contributed by atoms with E-state index in [-0.39, 0.29) is 37.8 Å². The first kappa shape index (κ1) is 40.6. The second kappa shape index (κ2) is 17.7. The Hall–Kier alpha value is -3.55. The van der Waals surface area contributed by atoms with Crippen LogP contribution in [0.1, 0.15) is 51.2 Å². The molecule has 2 aromatic carbocycles. The van der Waals surface area contributed by atoms with Crippen molar-refractivity contribution in [2.75, 3.05) is 31.8 Å². The van der Waals surface area contributed by atoms with Gasteiger partial charge in [-0.15, -0.1) is 13.2 Å². The summed E-state index contributed by atoms with van der Waals surface area (Å²) in [5.74, 6) is -4.32. The van der Waals surface area contributed by atoms with Crippen LogP contribution in [-0.2, 0) is 33.4 Å². The molecular formula is C40H49BrClN3O8. The Balaban J connectivity index is 1.58. The number of rotatable bonds is 18. The fourth-order valence-electron chi connectivity index (χ4n) is 8.17. The molecule has 2 bridgehead atoms. The zero-order valence-corrected chi connectivity index (χ0v) is 32.7. The lowest BCUT2D eigenvalue weighted by Crippen LogP contribution is -2.60. The van der Waals surface area contributed by atoms with Crippen LogP contribution >= 0.6 is 27.5 Å². The molecule has 13 heteroatoms. The standard InChI is InChI=1S/C40H49BrClN3O8/c1-6-9-19-31(47)43-28(23-51-5)34(25-15-11-10-12-16-25)52-39(50)32-33-37(48)45(30(22-46)24(4)8-3)36(40(33)21-26(41)35(32)53-40)38(49)44(20-7-2)29-18-14-13-17-27(29)42/h6-7,10-18,24,26,28,30,32-36,46H,1-2,8-9,19-23H2,3-5H3,(H,43,47)/t24-,26?,28+,30-,32+,33-,34+,35+,36+,40-/m0/s1. The maximum atomic E-state index is 15.1. The summed E-state index contributed by atoms with van der Waals surface area (Å²) in [5.41, 5.74) is -0.393. The number of nitrogens with zero attached hydrogens (tertiary/aromatic N) is 2. The van der Waals surface area contributed by atoms with Crippen molar-refractivity contribution >= 4 is 56.9 Å². The number of fused-ring (bicyclic) bond motifs is 1. The number of aliphatic hydroxyl groups is 1. The Morgan fingerprint density at radius 2 is 1.87 bits per heavy atom. The smallest absolute Gasteiger partial charge is 0.313 e. The SMILES string of the molecule is C=CCCC(=O)N[C@H](COC)[C@H](OC(=O)[C@H]1[C@@H]2O[C@@]3(CC2Br)[C@@H]1C(=O)N([C@@H](CO)[C@@H](C)CC)[C@@H]3C(=O)N(CC=C)c1ccccc1Cl)c1ccccc1. The second-order valence-electron chi connectivity index (χ2n) is 14.0. The van der Waals surface area contributed by atoms with Crippen molar-refractivity contribution in [1.82, 2.24) is 10.2 Å². The maximum absolute atomic E-state index is 15.1. The Kier molecular flexibility index (Phi) is 13.6. The summed E-state index contributed by atoms with van der Waals surface area (Å²) in [7, 11) is 1.49. The zero-order chi connectivity index (χ0) is 38.4. The van der Waals surface area contributed by atoms with Gasteiger partial charge in [0.15, 0.2) is 0 Å². The van der Waals surface area contributed by atoms with Crippen LogP contribution in [-0.4, -0.2) is 95.2 Å². The molecule has 0 saturated carbocycles. The first-order valence-electron chi connectivity index (χ1n) is 18.1. The molecule has 286 valence electrons. The van der Waals surface area contributed by atoms with E-state index >= 15 is 4.79 Å². The van der Waals surface area contributed by atoms with Crippen molar-refractivity contribution < 1.29 is 38.5 Å². The lowest BCUT2D eigenvalue weighted by atomic mass is 9.70. The predicted octanol–water partition coefficient (Wildman–Crippen LogP) is 5.40. The number of hydrogen-bond acceptors (Lipinski definition) is 8. The largest absolute Gasteiger partial charge is 0.455 e. The summed E-state index contributed by atoms with van der Waals surface area (Å²) < 4.78 is 18.6. The van der Waals surface area contributed by atoms with Gasteiger partial charge in [0.1, 0.15) is 17.7 Å². The number of carbonyl (C=O) groups excluding carboxylic acids is 4. The highest BCUT2D eigenvalue weighted by Gasteiger charge is 2.78. The molecule has 3 heterocycles. The molecule has 3 aliphatic rings. The lowest BCUT2D eigenvalue weighted by Gasteiger charge is -2.41. The number of para-hydroxylation sites is 1. The number of benzene rings is 2. The Bertz CT molecular complexity index is 1660. The van der Waals surface area contributed by atoms with Crippen molar-refractivity contribution in [2.24, 2.45) is 17.8 Å². The number of esters is 1. The number of amides is 3. The molecule has 3 amide bonds. The van der Waals surface area contributed by atoms with Gasteiger partial charge in [0.25, 0.3) is 5.91 Å². The third kappa shape index (κ3) is 7.84. The normalized spacial score (nSPS) is 26.6. The fourth-order valence-corrected chi connectivity index (χ4v) is 9.35. The van der Waals surface area contributed by atoms with Crippen LogP contribution in [0.15, 0.2) is 79.9 Å². The number of ether oxygens (including phenoxy) is 3. The van der Waals surface area contributed by atoms with Crippen molar-refractivity contribution in [3.8, 4) is 0 Å². The van der Waals surface area contributed by atoms with Crippen molar-refractivity contribution in [1.29, 1.82) is 0 Å². The molecule has 53 heavy (non-hydrogen) atoms. The van der Waals surface area contributed by atoms with E-state index in [1.54, 1.807) is 60.7 Å². The molecule has 1 spiro atoms. The minimum absolute atomic E-state index is 0.0310. The monoisotopic (exact) mass is 813 g/mol. The summed E-state index contributed by atoms with van der Waals surface area (Å²) in [6.07, 6.45) is 2.94. The van der Waals surface area contributed by atoms with Gasteiger partial charge in [0, 0.05) is 24.9 Å². The first-order valence-corrected chi connectivity index (χ1v) is 19.3. The highest BCUT2D eigenvalue weighted by atomic mass is 79.9. The van der Waals surface area contributed by atoms with Crippen LogP contribution in [0.25, 0.3) is 0 Å². The van der Waals surface area contributed by atoms with E-state index < -0.39 is 77.0 Å². The highest BCUT2D eigenvalue weighted by molar-refractivity contribution is 9.09. The summed E-state index contributed by atoms with van der Waals surface area (Å²) in [6.45, 7) is 11.1. The average Bonchev–Trinajstić information content (AvgIpc) is 3.75. The quantitative estimate of drug-likeness (QED) is 0.116. The molecule has 2 aromatic rings. The molecular weight excluding hydrogens is 766 g/mol. The van der Waals surface area contributed by atoms with Crippen molar-refractivity contribution in [3.63, 3.8) is 0 Å². The number of carbonyl (C=O) groups is 4. The minimum Gasteiger partial charge on any atom is -0.455 e. The van der Waals surface area contributed by atoms with Gasteiger partial charge in [0.05, 0.1) is 53.9 Å². The lowest BCUT2D eigenvalue weighted by molar-refractivity contribution is -0.163. The van der Waals surface area contributed by atoms with Gasteiger partial charge >= 0.3 is 5.97 Å². The molecule has 0 aromatic heterocycles. The number of halogens is 2. The maximum Gasteiger partial charge on any atom is 0.313 e. The molecule has 5 rings (SSSR count). The minimum atomic E-state index is -1.44. The Morgan fingerprint density at radius 3 is 2.49 bits per heavy atom. The number of likely N-dealkylation sites (tertiary alicyclic amines) is 1. The van der Waals surface area contributed by atoms with Gasteiger partial charge in [-0.3, -0.25) is 19.2 Å². The summed E-state index contributed by atoms with van der Waals surface area (Å²) in [5, 5.41) is 14.1. The summed E-state index contributed by atoms with van der Waals surface area (Å²) in [6, 6.07) is 13.2. The number of hydrogen-bond donors (Lipinski definition) is 2. The highest BCUT2D eigenvalue weighted by Crippen LogP contribution is 2.61. The van der Waals surface area contributed by atoms with Crippen molar-refractivity contribution in [3.05, 3.63) is 90.5 Å². The van der Waals surface area contributed by atoms with Crippen molar-refractivity contribution in [2.45, 2.75) is 80.3 Å². The van der Waals surface area contributed by atoms with Gasteiger partial charge in [0.2, 0.25) is 11.8 Å². The van der Waals surface area contributed by atoms with E-state index in [9.17, 15) is 19.5 Å². The molecule has 1 unspecified atom stereocenters. The third-order valence-corrected chi connectivity index (χ3v) is 12.0. The zero-order valence-electron chi connectivity index (χ0n) is 30.4. The van der Waals surface area contributed by atoms with Gasteiger partial charge in [-0.2, -0.15) is 0 Å². The van der Waals surface area contributed by atoms with Gasteiger partial charge < -0.3 is 34.4 Å². The first-order chi connectivity index (χ1) is 25.5. The Labute approximate surface area is 324 Å².